The third-order valence-electron chi connectivity index (χ3n) is 4.28. The summed E-state index contributed by atoms with van der Waals surface area (Å²) >= 11 is 0. The lowest BCUT2D eigenvalue weighted by atomic mass is 10.1. The maximum atomic E-state index is 13.2. The number of amides is 1. The van der Waals surface area contributed by atoms with E-state index in [1.807, 2.05) is 20.8 Å². The summed E-state index contributed by atoms with van der Waals surface area (Å²) in [4.78, 5) is 29.4. The molecule has 0 aliphatic heterocycles. The van der Waals surface area contributed by atoms with Crippen molar-refractivity contribution in [3.05, 3.63) is 52.2 Å². The van der Waals surface area contributed by atoms with Crippen molar-refractivity contribution >= 4 is 22.6 Å². The fraction of sp³-hybridized carbons (Fsp3) is 0.368. The molecule has 9 heteroatoms. The molecule has 2 aromatic heterocycles. The van der Waals surface area contributed by atoms with Gasteiger partial charge in [0, 0.05) is 24.7 Å². The van der Waals surface area contributed by atoms with Crippen LogP contribution in [0.25, 0.3) is 11.0 Å². The summed E-state index contributed by atoms with van der Waals surface area (Å²) in [5.41, 5.74) is 0.0357. The number of benzene rings is 1. The van der Waals surface area contributed by atoms with E-state index in [9.17, 15) is 18.4 Å². The van der Waals surface area contributed by atoms with Crippen molar-refractivity contribution in [3.8, 4) is 0 Å². The number of nitrogens with zero attached hydrogens (tertiary/aromatic N) is 4. The molecule has 0 unspecified atom stereocenters. The van der Waals surface area contributed by atoms with Crippen molar-refractivity contribution in [3.63, 3.8) is 0 Å². The van der Waals surface area contributed by atoms with Gasteiger partial charge in [-0.25, -0.2) is 18.4 Å². The monoisotopic (exact) mass is 389 g/mol. The van der Waals surface area contributed by atoms with Crippen LogP contribution in [0.15, 0.2) is 29.2 Å². The molecule has 0 spiro atoms. The highest BCUT2D eigenvalue weighted by Crippen LogP contribution is 2.18. The van der Waals surface area contributed by atoms with Gasteiger partial charge in [0.05, 0.1) is 11.7 Å². The lowest BCUT2D eigenvalue weighted by Gasteiger charge is -2.20. The van der Waals surface area contributed by atoms with E-state index < -0.39 is 17.5 Å². The van der Waals surface area contributed by atoms with Crippen molar-refractivity contribution in [2.24, 2.45) is 0 Å². The van der Waals surface area contributed by atoms with E-state index in [1.54, 1.807) is 11.6 Å². The van der Waals surface area contributed by atoms with Crippen LogP contribution in [0.5, 0.6) is 0 Å². The van der Waals surface area contributed by atoms with Gasteiger partial charge in [0.1, 0.15) is 11.2 Å². The molecule has 2 heterocycles. The van der Waals surface area contributed by atoms with Crippen LogP contribution in [0.1, 0.15) is 33.0 Å². The Hall–Kier alpha value is -3.10. The number of carbonyl (C=O) groups is 1. The zero-order chi connectivity index (χ0) is 20.6. The van der Waals surface area contributed by atoms with Gasteiger partial charge in [-0.15, -0.1) is 0 Å². The van der Waals surface area contributed by atoms with Gasteiger partial charge in [-0.3, -0.25) is 14.2 Å². The summed E-state index contributed by atoms with van der Waals surface area (Å²) in [5, 5.41) is 7.13. The molecule has 28 heavy (non-hydrogen) atoms. The Morgan fingerprint density at radius 2 is 1.93 bits per heavy atom. The van der Waals surface area contributed by atoms with Crippen molar-refractivity contribution in [2.45, 2.75) is 46.2 Å². The maximum absolute atomic E-state index is 13.2. The Labute approximate surface area is 160 Å². The Morgan fingerprint density at radius 3 is 2.57 bits per heavy atom. The minimum Gasteiger partial charge on any atom is -0.326 e. The Kier molecular flexibility index (Phi) is 5.01. The molecule has 0 fully saturated rings. The van der Waals surface area contributed by atoms with E-state index in [-0.39, 0.29) is 29.8 Å². The number of hydrogen-bond donors (Lipinski definition) is 1. The highest BCUT2D eigenvalue weighted by molar-refractivity contribution is 5.90. The SMILES string of the molecule is Cc1nc2c(cnn2C(C)(C)C)c(=O)n1CCC(=O)Nc1ccc(F)c(F)c1. The fourth-order valence-corrected chi connectivity index (χ4v) is 2.87. The zero-order valence-electron chi connectivity index (χ0n) is 16.1. The van der Waals surface area contributed by atoms with E-state index in [1.165, 1.54) is 16.8 Å². The quantitative estimate of drug-likeness (QED) is 0.744. The van der Waals surface area contributed by atoms with Gasteiger partial charge in [0.2, 0.25) is 5.91 Å². The average molecular weight is 389 g/mol. The largest absolute Gasteiger partial charge is 0.326 e. The van der Waals surface area contributed by atoms with Crippen LogP contribution in [0.4, 0.5) is 14.5 Å². The van der Waals surface area contributed by atoms with Gasteiger partial charge in [0.15, 0.2) is 17.3 Å². The molecule has 1 N–H and O–H groups in total. The zero-order valence-corrected chi connectivity index (χ0v) is 16.1. The van der Waals surface area contributed by atoms with Gasteiger partial charge >= 0.3 is 0 Å². The molecule has 1 aromatic carbocycles. The summed E-state index contributed by atoms with van der Waals surface area (Å²) in [6.07, 6.45) is 1.45. The molecular weight excluding hydrogens is 368 g/mol. The summed E-state index contributed by atoms with van der Waals surface area (Å²) in [5.74, 6) is -2.00. The number of fused-ring (bicyclic) bond motifs is 1. The molecule has 0 aliphatic carbocycles. The first kappa shape index (κ1) is 19.7. The summed E-state index contributed by atoms with van der Waals surface area (Å²) < 4.78 is 29.3. The second-order valence-corrected chi connectivity index (χ2v) is 7.51. The molecule has 3 aromatic rings. The van der Waals surface area contributed by atoms with E-state index in [0.29, 0.717) is 16.9 Å². The highest BCUT2D eigenvalue weighted by Gasteiger charge is 2.21. The molecule has 148 valence electrons. The lowest BCUT2D eigenvalue weighted by Crippen LogP contribution is -2.28. The lowest BCUT2D eigenvalue weighted by molar-refractivity contribution is -0.116. The number of nitrogens with one attached hydrogen (secondary N) is 1. The third-order valence-corrected chi connectivity index (χ3v) is 4.28. The number of hydrogen-bond acceptors (Lipinski definition) is 4. The predicted octanol–water partition coefficient (Wildman–Crippen LogP) is 2.96. The van der Waals surface area contributed by atoms with Gasteiger partial charge in [-0.2, -0.15) is 5.10 Å². The van der Waals surface area contributed by atoms with Gasteiger partial charge in [-0.05, 0) is 39.8 Å². The Balaban J connectivity index is 1.80. The summed E-state index contributed by atoms with van der Waals surface area (Å²) in [6, 6.07) is 3.10. The van der Waals surface area contributed by atoms with E-state index in [4.69, 9.17) is 0 Å². The number of carbonyl (C=O) groups excluding carboxylic acids is 1. The van der Waals surface area contributed by atoms with Crippen molar-refractivity contribution in [1.29, 1.82) is 0 Å². The molecule has 3 rings (SSSR count). The van der Waals surface area contributed by atoms with Gasteiger partial charge in [0.25, 0.3) is 5.56 Å². The fourth-order valence-electron chi connectivity index (χ4n) is 2.87. The standard InChI is InChI=1S/C19H21F2N5O2/c1-11-23-17-13(10-22-26(17)19(2,3)4)18(28)25(11)8-7-16(27)24-12-5-6-14(20)15(21)9-12/h5-6,9-10H,7-8H2,1-4H3,(H,24,27). The molecule has 0 saturated carbocycles. The van der Waals surface area contributed by atoms with E-state index in [0.717, 1.165) is 12.1 Å². The van der Waals surface area contributed by atoms with E-state index >= 15 is 0 Å². The highest BCUT2D eigenvalue weighted by atomic mass is 19.2. The molecule has 0 saturated heterocycles. The minimum absolute atomic E-state index is 0.0274. The molecule has 1 amide bonds. The van der Waals surface area contributed by atoms with Crippen molar-refractivity contribution in [1.82, 2.24) is 19.3 Å². The van der Waals surface area contributed by atoms with Gasteiger partial charge < -0.3 is 5.32 Å². The van der Waals surface area contributed by atoms with Crippen molar-refractivity contribution < 1.29 is 13.6 Å². The molecule has 0 atom stereocenters. The molecule has 0 aliphatic rings. The number of rotatable bonds is 4. The number of anilines is 1. The van der Waals surface area contributed by atoms with Crippen LogP contribution >= 0.6 is 0 Å². The van der Waals surface area contributed by atoms with Crippen LogP contribution < -0.4 is 10.9 Å². The first-order valence-electron chi connectivity index (χ1n) is 8.78. The summed E-state index contributed by atoms with van der Waals surface area (Å²) in [6.45, 7) is 7.68. The predicted molar refractivity (Wildman–Crippen MR) is 101 cm³/mol. The third kappa shape index (κ3) is 3.78. The van der Waals surface area contributed by atoms with Crippen LogP contribution in [-0.4, -0.2) is 25.2 Å². The van der Waals surface area contributed by atoms with Crippen LogP contribution in [0.2, 0.25) is 0 Å². The topological polar surface area (TPSA) is 81.8 Å². The second-order valence-electron chi connectivity index (χ2n) is 7.51. The van der Waals surface area contributed by atoms with Crippen LogP contribution in [0.3, 0.4) is 0 Å². The molecule has 0 bridgehead atoms. The number of aryl methyl sites for hydroxylation is 1. The number of halogens is 2. The van der Waals surface area contributed by atoms with Gasteiger partial charge in [-0.1, -0.05) is 0 Å². The molecular formula is C19H21F2N5O2. The first-order valence-corrected chi connectivity index (χ1v) is 8.78. The van der Waals surface area contributed by atoms with Crippen molar-refractivity contribution in [2.75, 3.05) is 5.32 Å². The molecule has 7 nitrogen and oxygen atoms in total. The maximum Gasteiger partial charge on any atom is 0.264 e. The number of aromatic nitrogens is 4. The van der Waals surface area contributed by atoms with E-state index in [2.05, 4.69) is 15.4 Å². The normalized spacial score (nSPS) is 11.8. The second kappa shape index (κ2) is 7.14. The average Bonchev–Trinajstić information content (AvgIpc) is 3.02. The molecule has 0 radical (unpaired) electrons. The Bertz CT molecular complexity index is 1110. The first-order chi connectivity index (χ1) is 13.1. The van der Waals surface area contributed by atoms with Crippen LogP contribution in [0, 0.1) is 18.6 Å². The smallest absolute Gasteiger partial charge is 0.264 e. The Morgan fingerprint density at radius 1 is 1.21 bits per heavy atom. The van der Waals surface area contributed by atoms with Crippen LogP contribution in [-0.2, 0) is 16.9 Å². The summed E-state index contributed by atoms with van der Waals surface area (Å²) in [7, 11) is 0. The minimum atomic E-state index is -1.05.